The maximum atomic E-state index is 11.7. The number of aromatic nitrogens is 2. The second kappa shape index (κ2) is 8.35. The van der Waals surface area contributed by atoms with Gasteiger partial charge in [-0.1, -0.05) is 12.8 Å². The molecule has 7 heteroatoms. The number of esters is 1. The molecular formula is C20H35BN2O4. The van der Waals surface area contributed by atoms with Gasteiger partial charge in [0.1, 0.15) is 5.60 Å². The van der Waals surface area contributed by atoms with E-state index >= 15 is 0 Å². The molecule has 2 heterocycles. The van der Waals surface area contributed by atoms with Crippen molar-refractivity contribution in [2.45, 2.75) is 104 Å². The predicted molar refractivity (Wildman–Crippen MR) is 107 cm³/mol. The van der Waals surface area contributed by atoms with E-state index in [0.29, 0.717) is 6.42 Å². The molecule has 2 rings (SSSR count). The Hall–Kier alpha value is -1.34. The molecule has 0 unspecified atom stereocenters. The SMILES string of the molecule is CC(C)(C)OC(=O)CCCCCCn1cc(B2OC(C)(C)C(C)(C)O2)cn1. The fraction of sp³-hybridized carbons (Fsp3) is 0.800. The Morgan fingerprint density at radius 3 is 2.30 bits per heavy atom. The maximum Gasteiger partial charge on any atom is 0.498 e. The molecule has 0 spiro atoms. The summed E-state index contributed by atoms with van der Waals surface area (Å²) < 4.78 is 19.4. The minimum atomic E-state index is -0.397. The van der Waals surface area contributed by atoms with Crippen LogP contribution >= 0.6 is 0 Å². The molecule has 1 aromatic heterocycles. The van der Waals surface area contributed by atoms with Gasteiger partial charge in [0, 0.05) is 30.8 Å². The van der Waals surface area contributed by atoms with Gasteiger partial charge in [-0.25, -0.2) is 0 Å². The highest BCUT2D eigenvalue weighted by atomic mass is 16.7. The van der Waals surface area contributed by atoms with Crippen molar-refractivity contribution in [2.75, 3.05) is 0 Å². The average Bonchev–Trinajstić information content (AvgIpc) is 3.04. The van der Waals surface area contributed by atoms with Crippen molar-refractivity contribution in [1.29, 1.82) is 0 Å². The van der Waals surface area contributed by atoms with Crippen molar-refractivity contribution in [1.82, 2.24) is 9.78 Å². The van der Waals surface area contributed by atoms with Crippen LogP contribution in [0.4, 0.5) is 0 Å². The summed E-state index contributed by atoms with van der Waals surface area (Å²) in [4.78, 5) is 11.7. The lowest BCUT2D eigenvalue weighted by Crippen LogP contribution is -2.41. The maximum absolute atomic E-state index is 11.7. The first-order chi connectivity index (χ1) is 12.4. The molecule has 0 aliphatic carbocycles. The molecule has 1 aliphatic rings. The molecule has 1 aromatic rings. The van der Waals surface area contributed by atoms with Gasteiger partial charge in [-0.2, -0.15) is 5.10 Å². The zero-order chi connectivity index (χ0) is 20.3. The van der Waals surface area contributed by atoms with Gasteiger partial charge in [0.05, 0.1) is 11.2 Å². The third kappa shape index (κ3) is 6.35. The van der Waals surface area contributed by atoms with Crippen LogP contribution in [0.3, 0.4) is 0 Å². The van der Waals surface area contributed by atoms with E-state index < -0.39 is 5.60 Å². The highest BCUT2D eigenvalue weighted by molar-refractivity contribution is 6.61. The molecule has 0 bridgehead atoms. The molecule has 0 atom stereocenters. The van der Waals surface area contributed by atoms with Crippen LogP contribution in [0.5, 0.6) is 0 Å². The molecule has 27 heavy (non-hydrogen) atoms. The smallest absolute Gasteiger partial charge is 0.460 e. The highest BCUT2D eigenvalue weighted by Crippen LogP contribution is 2.36. The zero-order valence-corrected chi connectivity index (χ0v) is 18.0. The lowest BCUT2D eigenvalue weighted by Gasteiger charge is -2.32. The molecule has 6 nitrogen and oxygen atoms in total. The number of carbonyl (C=O) groups is 1. The molecule has 152 valence electrons. The van der Waals surface area contributed by atoms with Gasteiger partial charge >= 0.3 is 13.1 Å². The summed E-state index contributed by atoms with van der Waals surface area (Å²) >= 11 is 0. The minimum Gasteiger partial charge on any atom is -0.460 e. The molecule has 0 radical (unpaired) electrons. The van der Waals surface area contributed by atoms with Crippen LogP contribution in [0.15, 0.2) is 12.4 Å². The largest absolute Gasteiger partial charge is 0.498 e. The normalized spacial score (nSPS) is 18.7. The molecule has 1 saturated heterocycles. The average molecular weight is 378 g/mol. The van der Waals surface area contributed by atoms with Crippen LogP contribution in [0.2, 0.25) is 0 Å². The summed E-state index contributed by atoms with van der Waals surface area (Å²) in [7, 11) is -0.363. The van der Waals surface area contributed by atoms with Crippen molar-refractivity contribution in [3.8, 4) is 0 Å². The Bertz CT molecular complexity index is 618. The van der Waals surface area contributed by atoms with E-state index in [4.69, 9.17) is 14.0 Å². The molecule has 0 amide bonds. The van der Waals surface area contributed by atoms with Crippen LogP contribution in [0, 0.1) is 0 Å². The second-order valence-corrected chi connectivity index (χ2v) is 9.38. The summed E-state index contributed by atoms with van der Waals surface area (Å²) in [5.41, 5.74) is -0.119. The summed E-state index contributed by atoms with van der Waals surface area (Å²) in [6, 6.07) is 0. The second-order valence-electron chi connectivity index (χ2n) is 9.38. The third-order valence-corrected chi connectivity index (χ3v) is 5.12. The van der Waals surface area contributed by atoms with Gasteiger partial charge in [0.25, 0.3) is 0 Å². The Morgan fingerprint density at radius 2 is 1.70 bits per heavy atom. The monoisotopic (exact) mass is 378 g/mol. The summed E-state index contributed by atoms with van der Waals surface area (Å²) in [5.74, 6) is -0.110. The van der Waals surface area contributed by atoms with E-state index in [9.17, 15) is 4.79 Å². The van der Waals surface area contributed by atoms with E-state index in [2.05, 4.69) is 32.8 Å². The number of nitrogens with zero attached hydrogens (tertiary/aromatic N) is 2. The van der Waals surface area contributed by atoms with Crippen LogP contribution in [0.25, 0.3) is 0 Å². The Balaban J connectivity index is 1.67. The number of rotatable bonds is 8. The lowest BCUT2D eigenvalue weighted by molar-refractivity contribution is -0.154. The van der Waals surface area contributed by atoms with Crippen molar-refractivity contribution in [2.24, 2.45) is 0 Å². The summed E-state index contributed by atoms with van der Waals surface area (Å²) in [6.07, 6.45) is 8.30. The number of ether oxygens (including phenoxy) is 1. The van der Waals surface area contributed by atoms with Crippen molar-refractivity contribution in [3.63, 3.8) is 0 Å². The van der Waals surface area contributed by atoms with Gasteiger partial charge in [0.2, 0.25) is 0 Å². The fourth-order valence-corrected chi connectivity index (χ4v) is 2.89. The topological polar surface area (TPSA) is 62.6 Å². The molecule has 1 aliphatic heterocycles. The van der Waals surface area contributed by atoms with E-state index in [1.165, 1.54) is 0 Å². The minimum absolute atomic E-state index is 0.110. The molecular weight excluding hydrogens is 343 g/mol. The molecule has 0 aromatic carbocycles. The van der Waals surface area contributed by atoms with Gasteiger partial charge < -0.3 is 14.0 Å². The predicted octanol–water partition coefficient (Wildman–Crippen LogP) is 3.47. The Morgan fingerprint density at radius 1 is 1.11 bits per heavy atom. The first-order valence-corrected chi connectivity index (χ1v) is 9.99. The number of unbranched alkanes of at least 4 members (excludes halogenated alkanes) is 3. The number of carbonyl (C=O) groups excluding carboxylic acids is 1. The summed E-state index contributed by atoms with van der Waals surface area (Å²) in [5, 5.41) is 4.43. The quantitative estimate of drug-likeness (QED) is 0.394. The van der Waals surface area contributed by atoms with Gasteiger partial charge in [-0.05, 0) is 61.3 Å². The van der Waals surface area contributed by atoms with E-state index in [0.717, 1.165) is 37.7 Å². The Kier molecular flexibility index (Phi) is 6.79. The number of hydrogen-bond donors (Lipinski definition) is 0. The number of hydrogen-bond acceptors (Lipinski definition) is 5. The number of aryl methyl sites for hydroxylation is 1. The standard InChI is InChI=1S/C20H35BN2O4/c1-18(2,3)25-17(24)12-10-8-9-11-13-23-15-16(14-22-23)21-26-19(4,5)20(6,7)27-21/h14-15H,8-13H2,1-7H3. The van der Waals surface area contributed by atoms with E-state index in [-0.39, 0.29) is 24.3 Å². The van der Waals surface area contributed by atoms with Gasteiger partial charge in [0.15, 0.2) is 0 Å². The fourth-order valence-electron chi connectivity index (χ4n) is 2.89. The van der Waals surface area contributed by atoms with E-state index in [1.807, 2.05) is 37.8 Å². The third-order valence-electron chi connectivity index (χ3n) is 5.12. The van der Waals surface area contributed by atoms with Crippen molar-refractivity contribution >= 4 is 18.6 Å². The van der Waals surface area contributed by atoms with E-state index in [1.54, 1.807) is 0 Å². The lowest BCUT2D eigenvalue weighted by atomic mass is 9.82. The van der Waals surface area contributed by atoms with Crippen LogP contribution in [-0.4, -0.2) is 39.7 Å². The van der Waals surface area contributed by atoms with Crippen molar-refractivity contribution < 1.29 is 18.8 Å². The van der Waals surface area contributed by atoms with Crippen LogP contribution in [-0.2, 0) is 25.4 Å². The first-order valence-electron chi connectivity index (χ1n) is 9.99. The van der Waals surface area contributed by atoms with Gasteiger partial charge in [-0.3, -0.25) is 9.48 Å². The molecule has 0 saturated carbocycles. The summed E-state index contributed by atoms with van der Waals surface area (Å²) in [6.45, 7) is 14.7. The Labute approximate surface area is 164 Å². The van der Waals surface area contributed by atoms with Crippen LogP contribution in [0.1, 0.15) is 80.6 Å². The molecule has 0 N–H and O–H groups in total. The van der Waals surface area contributed by atoms with Crippen molar-refractivity contribution in [3.05, 3.63) is 12.4 Å². The highest BCUT2D eigenvalue weighted by Gasteiger charge is 2.52. The zero-order valence-electron chi connectivity index (χ0n) is 18.0. The van der Waals surface area contributed by atoms with Gasteiger partial charge in [-0.15, -0.1) is 0 Å². The first kappa shape index (κ1) is 22.0. The molecule has 1 fully saturated rings. The van der Waals surface area contributed by atoms with Crippen LogP contribution < -0.4 is 5.46 Å².